The highest BCUT2D eigenvalue weighted by molar-refractivity contribution is 5.36. The van der Waals surface area contributed by atoms with Crippen LogP contribution in [-0.4, -0.2) is 26.9 Å². The Bertz CT molecular complexity index is 371. The van der Waals surface area contributed by atoms with E-state index in [1.165, 1.54) is 6.07 Å². The van der Waals surface area contributed by atoms with Gasteiger partial charge in [0.25, 0.3) is 0 Å². The lowest BCUT2D eigenvalue weighted by Gasteiger charge is -2.17. The number of rotatable bonds is 9. The number of hydrogen-bond donors (Lipinski definition) is 1. The Morgan fingerprint density at radius 3 is 2.74 bits per heavy atom. The van der Waals surface area contributed by atoms with E-state index < -0.39 is 0 Å². The number of hydrogen-bond acceptors (Lipinski definition) is 3. The van der Waals surface area contributed by atoms with Crippen molar-refractivity contribution in [3.63, 3.8) is 0 Å². The van der Waals surface area contributed by atoms with Gasteiger partial charge in [0.15, 0.2) is 0 Å². The Morgan fingerprint density at radius 2 is 2.05 bits per heavy atom. The molecule has 1 rings (SSSR count). The van der Waals surface area contributed by atoms with Gasteiger partial charge in [0.2, 0.25) is 0 Å². The molecular weight excluding hydrogens is 245 g/mol. The van der Waals surface area contributed by atoms with Crippen LogP contribution >= 0.6 is 0 Å². The smallest absolute Gasteiger partial charge is 0.131 e. The molecule has 0 aliphatic carbocycles. The highest BCUT2D eigenvalue weighted by Crippen LogP contribution is 2.27. The van der Waals surface area contributed by atoms with Crippen molar-refractivity contribution in [3.05, 3.63) is 29.6 Å². The Kier molecular flexibility index (Phi) is 7.45. The van der Waals surface area contributed by atoms with Gasteiger partial charge in [-0.2, -0.15) is 0 Å². The molecule has 0 spiro atoms. The molecule has 0 aliphatic rings. The van der Waals surface area contributed by atoms with Crippen LogP contribution in [0, 0.1) is 5.82 Å². The molecule has 0 aliphatic heterocycles. The standard InChI is InChI=1S/C15H24FNO2/c1-4-5-9-18-10-11-19-14-8-6-7-13(16)15(14)12(2)17-3/h6-8,12,17H,4-5,9-11H2,1-3H3. The first-order chi connectivity index (χ1) is 9.20. The molecule has 0 saturated carbocycles. The van der Waals surface area contributed by atoms with Gasteiger partial charge in [-0.15, -0.1) is 0 Å². The van der Waals surface area contributed by atoms with E-state index in [9.17, 15) is 4.39 Å². The van der Waals surface area contributed by atoms with Gasteiger partial charge in [-0.25, -0.2) is 4.39 Å². The highest BCUT2D eigenvalue weighted by Gasteiger charge is 2.15. The number of ether oxygens (including phenoxy) is 2. The van der Waals surface area contributed by atoms with Crippen molar-refractivity contribution >= 4 is 0 Å². The van der Waals surface area contributed by atoms with E-state index in [-0.39, 0.29) is 11.9 Å². The molecule has 1 aromatic carbocycles. The van der Waals surface area contributed by atoms with Crippen molar-refractivity contribution in [1.82, 2.24) is 5.32 Å². The molecule has 4 heteroatoms. The maximum atomic E-state index is 13.8. The minimum Gasteiger partial charge on any atom is -0.491 e. The SMILES string of the molecule is CCCCOCCOc1cccc(F)c1C(C)NC. The Morgan fingerprint density at radius 1 is 1.26 bits per heavy atom. The van der Waals surface area contributed by atoms with Gasteiger partial charge in [0, 0.05) is 18.2 Å². The molecule has 1 aromatic rings. The van der Waals surface area contributed by atoms with Gasteiger partial charge < -0.3 is 14.8 Å². The van der Waals surface area contributed by atoms with E-state index in [0.29, 0.717) is 24.5 Å². The lowest BCUT2D eigenvalue weighted by Crippen LogP contribution is -2.16. The molecule has 1 N–H and O–H groups in total. The molecule has 0 aromatic heterocycles. The minimum atomic E-state index is -0.244. The summed E-state index contributed by atoms with van der Waals surface area (Å²) >= 11 is 0. The van der Waals surface area contributed by atoms with Crippen LogP contribution < -0.4 is 10.1 Å². The van der Waals surface area contributed by atoms with E-state index in [0.717, 1.165) is 19.4 Å². The fraction of sp³-hybridized carbons (Fsp3) is 0.600. The zero-order valence-electron chi connectivity index (χ0n) is 12.0. The minimum absolute atomic E-state index is 0.0859. The van der Waals surface area contributed by atoms with E-state index >= 15 is 0 Å². The van der Waals surface area contributed by atoms with E-state index in [4.69, 9.17) is 9.47 Å². The maximum absolute atomic E-state index is 13.8. The van der Waals surface area contributed by atoms with Crippen LogP contribution in [0.1, 0.15) is 38.3 Å². The first kappa shape index (κ1) is 15.9. The molecular formula is C15H24FNO2. The third-order valence-corrected chi connectivity index (χ3v) is 3.01. The third-order valence-electron chi connectivity index (χ3n) is 3.01. The summed E-state index contributed by atoms with van der Waals surface area (Å²) in [6, 6.07) is 4.82. The molecule has 0 amide bonds. The van der Waals surface area contributed by atoms with E-state index in [2.05, 4.69) is 12.2 Å². The highest BCUT2D eigenvalue weighted by atomic mass is 19.1. The zero-order valence-corrected chi connectivity index (χ0v) is 12.0. The van der Waals surface area contributed by atoms with Crippen LogP contribution in [0.5, 0.6) is 5.75 Å². The number of unbranched alkanes of at least 4 members (excludes halogenated alkanes) is 1. The van der Waals surface area contributed by atoms with Crippen LogP contribution in [0.3, 0.4) is 0 Å². The molecule has 3 nitrogen and oxygen atoms in total. The first-order valence-electron chi connectivity index (χ1n) is 6.86. The first-order valence-corrected chi connectivity index (χ1v) is 6.86. The quantitative estimate of drug-likeness (QED) is 0.698. The summed E-state index contributed by atoms with van der Waals surface area (Å²) in [6.45, 7) is 5.75. The summed E-state index contributed by atoms with van der Waals surface area (Å²) in [4.78, 5) is 0. The summed E-state index contributed by atoms with van der Waals surface area (Å²) < 4.78 is 24.8. The monoisotopic (exact) mass is 269 g/mol. The van der Waals surface area contributed by atoms with Gasteiger partial charge in [-0.1, -0.05) is 19.4 Å². The molecule has 1 unspecified atom stereocenters. The molecule has 0 bridgehead atoms. The van der Waals surface area contributed by atoms with Crippen LogP contribution in [0.4, 0.5) is 4.39 Å². The lowest BCUT2D eigenvalue weighted by molar-refractivity contribution is 0.0974. The van der Waals surface area contributed by atoms with Gasteiger partial charge in [-0.05, 0) is 32.5 Å². The normalized spacial score (nSPS) is 12.4. The van der Waals surface area contributed by atoms with Crippen LogP contribution in [0.2, 0.25) is 0 Å². The van der Waals surface area contributed by atoms with Crippen molar-refractivity contribution in [1.29, 1.82) is 0 Å². The van der Waals surface area contributed by atoms with Crippen molar-refractivity contribution < 1.29 is 13.9 Å². The largest absolute Gasteiger partial charge is 0.491 e. The third kappa shape index (κ3) is 5.17. The summed E-state index contributed by atoms with van der Waals surface area (Å²) in [5.74, 6) is 0.340. The predicted octanol–water partition coefficient (Wildman–Crippen LogP) is 3.30. The summed E-state index contributed by atoms with van der Waals surface area (Å²) in [5, 5.41) is 3.03. The molecule has 0 heterocycles. The van der Waals surface area contributed by atoms with Crippen molar-refractivity contribution in [2.45, 2.75) is 32.7 Å². The van der Waals surface area contributed by atoms with Crippen molar-refractivity contribution in [3.8, 4) is 5.75 Å². The van der Waals surface area contributed by atoms with Crippen LogP contribution in [-0.2, 0) is 4.74 Å². The average molecular weight is 269 g/mol. The van der Waals surface area contributed by atoms with E-state index in [1.54, 1.807) is 19.2 Å². The number of halogens is 1. The van der Waals surface area contributed by atoms with Crippen molar-refractivity contribution in [2.24, 2.45) is 0 Å². The van der Waals surface area contributed by atoms with Crippen molar-refractivity contribution in [2.75, 3.05) is 26.9 Å². The molecule has 0 radical (unpaired) electrons. The number of nitrogens with one attached hydrogen (secondary N) is 1. The van der Waals surface area contributed by atoms with Gasteiger partial charge in [0.1, 0.15) is 18.2 Å². The molecule has 0 fully saturated rings. The summed E-state index contributed by atoms with van der Waals surface area (Å²) in [5.41, 5.74) is 0.568. The topological polar surface area (TPSA) is 30.5 Å². The number of benzene rings is 1. The second-order valence-corrected chi connectivity index (χ2v) is 4.48. The zero-order chi connectivity index (χ0) is 14.1. The summed E-state index contributed by atoms with van der Waals surface area (Å²) in [6.07, 6.45) is 2.18. The fourth-order valence-electron chi connectivity index (χ4n) is 1.77. The Labute approximate surface area is 115 Å². The lowest BCUT2D eigenvalue weighted by atomic mass is 10.1. The Balaban J connectivity index is 2.51. The van der Waals surface area contributed by atoms with Gasteiger partial charge in [-0.3, -0.25) is 0 Å². The van der Waals surface area contributed by atoms with Gasteiger partial charge in [0.05, 0.1) is 6.61 Å². The Hall–Kier alpha value is -1.13. The fourth-order valence-corrected chi connectivity index (χ4v) is 1.77. The average Bonchev–Trinajstić information content (AvgIpc) is 2.42. The molecule has 1 atom stereocenters. The second kappa shape index (κ2) is 8.88. The van der Waals surface area contributed by atoms with Gasteiger partial charge >= 0.3 is 0 Å². The summed E-state index contributed by atoms with van der Waals surface area (Å²) in [7, 11) is 1.80. The van der Waals surface area contributed by atoms with Crippen LogP contribution in [0.15, 0.2) is 18.2 Å². The molecule has 0 saturated heterocycles. The predicted molar refractivity (Wildman–Crippen MR) is 75.1 cm³/mol. The van der Waals surface area contributed by atoms with E-state index in [1.807, 2.05) is 6.92 Å². The molecule has 108 valence electrons. The van der Waals surface area contributed by atoms with Crippen LogP contribution in [0.25, 0.3) is 0 Å². The maximum Gasteiger partial charge on any atom is 0.131 e. The second-order valence-electron chi connectivity index (χ2n) is 4.48. The molecule has 19 heavy (non-hydrogen) atoms.